The van der Waals surface area contributed by atoms with Crippen LogP contribution < -0.4 is 15.0 Å². The van der Waals surface area contributed by atoms with Gasteiger partial charge in [0.1, 0.15) is 6.61 Å². The Morgan fingerprint density at radius 1 is 1.32 bits per heavy atom. The molecule has 0 bridgehead atoms. The molecule has 1 N–H and O–H groups in total. The van der Waals surface area contributed by atoms with Gasteiger partial charge in [-0.1, -0.05) is 12.1 Å². The molecule has 1 unspecified atom stereocenters. The van der Waals surface area contributed by atoms with Gasteiger partial charge < -0.3 is 19.9 Å². The summed E-state index contributed by atoms with van der Waals surface area (Å²) in [4.78, 5) is 24.6. The standard InChI is InChI=1S/C20H26FN5O2/c1-25(12-13-28-18-8-3-2-7-17(18)21)20(27)24-14-16-6-4-11-26(15-16)19-22-9-5-10-23-19/h2-3,5,7-10,16H,4,6,11-15H2,1H3,(H,24,27). The second-order valence-electron chi connectivity index (χ2n) is 6.89. The fourth-order valence-corrected chi connectivity index (χ4v) is 3.19. The Hall–Kier alpha value is -2.90. The third kappa shape index (κ3) is 5.55. The molecule has 1 aromatic heterocycles. The lowest BCUT2D eigenvalue weighted by molar-refractivity contribution is 0.191. The molecule has 3 rings (SSSR count). The first-order valence-corrected chi connectivity index (χ1v) is 9.51. The van der Waals surface area contributed by atoms with Crippen molar-refractivity contribution in [1.29, 1.82) is 0 Å². The number of carbonyl (C=O) groups is 1. The maximum Gasteiger partial charge on any atom is 0.317 e. The molecule has 0 radical (unpaired) electrons. The fraction of sp³-hybridized carbons (Fsp3) is 0.450. The summed E-state index contributed by atoms with van der Waals surface area (Å²) in [6.45, 7) is 2.95. The third-order valence-electron chi connectivity index (χ3n) is 4.76. The van der Waals surface area contributed by atoms with E-state index in [0.717, 1.165) is 31.9 Å². The van der Waals surface area contributed by atoms with E-state index in [1.807, 2.05) is 0 Å². The van der Waals surface area contributed by atoms with E-state index in [1.165, 1.54) is 6.07 Å². The Kier molecular flexibility index (Phi) is 7.00. The molecule has 1 saturated heterocycles. The number of hydrogen-bond donors (Lipinski definition) is 1. The van der Waals surface area contributed by atoms with Crippen LogP contribution in [0.25, 0.3) is 0 Å². The average Bonchev–Trinajstić information content (AvgIpc) is 2.74. The number of aromatic nitrogens is 2. The monoisotopic (exact) mass is 387 g/mol. The number of nitrogens with zero attached hydrogens (tertiary/aromatic N) is 4. The van der Waals surface area contributed by atoms with Crippen LogP contribution in [0.15, 0.2) is 42.7 Å². The number of anilines is 1. The molecule has 0 aliphatic carbocycles. The first kappa shape index (κ1) is 19.9. The minimum atomic E-state index is -0.404. The van der Waals surface area contributed by atoms with Crippen LogP contribution in [0.4, 0.5) is 15.1 Å². The van der Waals surface area contributed by atoms with Crippen molar-refractivity contribution in [2.45, 2.75) is 12.8 Å². The van der Waals surface area contributed by atoms with Gasteiger partial charge in [0.05, 0.1) is 6.54 Å². The zero-order chi connectivity index (χ0) is 19.8. The Labute approximate surface area is 164 Å². The Morgan fingerprint density at radius 2 is 2.11 bits per heavy atom. The van der Waals surface area contributed by atoms with E-state index in [1.54, 1.807) is 48.6 Å². The highest BCUT2D eigenvalue weighted by Crippen LogP contribution is 2.19. The first-order valence-electron chi connectivity index (χ1n) is 9.51. The van der Waals surface area contributed by atoms with E-state index in [-0.39, 0.29) is 18.4 Å². The molecular weight excluding hydrogens is 361 g/mol. The SMILES string of the molecule is CN(CCOc1ccccc1F)C(=O)NCC1CCCN(c2ncccn2)C1. The molecule has 2 amide bonds. The summed E-state index contributed by atoms with van der Waals surface area (Å²) in [5.41, 5.74) is 0. The van der Waals surface area contributed by atoms with E-state index < -0.39 is 5.82 Å². The molecule has 150 valence electrons. The Morgan fingerprint density at radius 3 is 2.89 bits per heavy atom. The van der Waals surface area contributed by atoms with Crippen molar-refractivity contribution < 1.29 is 13.9 Å². The van der Waals surface area contributed by atoms with E-state index in [2.05, 4.69) is 20.2 Å². The number of likely N-dealkylation sites (N-methyl/N-ethyl adjacent to an activating group) is 1. The summed E-state index contributed by atoms with van der Waals surface area (Å²) in [5.74, 6) is 0.881. The number of rotatable bonds is 7. The van der Waals surface area contributed by atoms with Gasteiger partial charge in [0.2, 0.25) is 5.95 Å². The van der Waals surface area contributed by atoms with E-state index in [4.69, 9.17) is 4.74 Å². The van der Waals surface area contributed by atoms with Gasteiger partial charge in [0, 0.05) is 39.1 Å². The van der Waals surface area contributed by atoms with Crippen molar-refractivity contribution in [1.82, 2.24) is 20.2 Å². The second kappa shape index (κ2) is 9.87. The number of urea groups is 1. The molecule has 0 spiro atoms. The van der Waals surface area contributed by atoms with Crippen LogP contribution in [0.3, 0.4) is 0 Å². The summed E-state index contributed by atoms with van der Waals surface area (Å²) < 4.78 is 18.9. The number of nitrogens with one attached hydrogen (secondary N) is 1. The van der Waals surface area contributed by atoms with Crippen molar-refractivity contribution in [3.05, 3.63) is 48.5 Å². The quantitative estimate of drug-likeness (QED) is 0.791. The number of piperidine rings is 1. The number of hydrogen-bond acceptors (Lipinski definition) is 5. The molecule has 7 nitrogen and oxygen atoms in total. The van der Waals surface area contributed by atoms with Gasteiger partial charge in [-0.2, -0.15) is 0 Å². The van der Waals surface area contributed by atoms with Gasteiger partial charge in [-0.25, -0.2) is 19.2 Å². The molecule has 28 heavy (non-hydrogen) atoms. The Balaban J connectivity index is 1.39. The minimum absolute atomic E-state index is 0.162. The molecule has 1 aliphatic rings. The molecule has 1 aliphatic heterocycles. The zero-order valence-corrected chi connectivity index (χ0v) is 16.1. The highest BCUT2D eigenvalue weighted by Gasteiger charge is 2.22. The van der Waals surface area contributed by atoms with Gasteiger partial charge in [-0.15, -0.1) is 0 Å². The highest BCUT2D eigenvalue weighted by atomic mass is 19.1. The van der Waals surface area contributed by atoms with Crippen LogP contribution >= 0.6 is 0 Å². The number of benzene rings is 1. The van der Waals surface area contributed by atoms with Gasteiger partial charge >= 0.3 is 6.03 Å². The molecular formula is C20H26FN5O2. The molecule has 1 aromatic carbocycles. The van der Waals surface area contributed by atoms with E-state index >= 15 is 0 Å². The maximum atomic E-state index is 13.5. The third-order valence-corrected chi connectivity index (χ3v) is 4.76. The van der Waals surface area contributed by atoms with Crippen LogP contribution in [0, 0.1) is 11.7 Å². The lowest BCUT2D eigenvalue weighted by Gasteiger charge is -2.33. The maximum absolute atomic E-state index is 13.5. The topological polar surface area (TPSA) is 70.6 Å². The van der Waals surface area contributed by atoms with Gasteiger partial charge in [-0.3, -0.25) is 0 Å². The van der Waals surface area contributed by atoms with Crippen molar-refractivity contribution >= 4 is 12.0 Å². The highest BCUT2D eigenvalue weighted by molar-refractivity contribution is 5.73. The van der Waals surface area contributed by atoms with Crippen molar-refractivity contribution in [3.8, 4) is 5.75 Å². The molecule has 8 heteroatoms. The fourth-order valence-electron chi connectivity index (χ4n) is 3.19. The number of ether oxygens (including phenoxy) is 1. The van der Waals surface area contributed by atoms with Crippen LogP contribution in [0.5, 0.6) is 5.75 Å². The lowest BCUT2D eigenvalue weighted by atomic mass is 9.98. The van der Waals surface area contributed by atoms with Gasteiger partial charge in [0.15, 0.2) is 11.6 Å². The van der Waals surface area contributed by atoms with Crippen LogP contribution in [-0.4, -0.2) is 60.7 Å². The van der Waals surface area contributed by atoms with E-state index in [9.17, 15) is 9.18 Å². The van der Waals surface area contributed by atoms with Gasteiger partial charge in [-0.05, 0) is 37.0 Å². The molecule has 1 fully saturated rings. The predicted octanol–water partition coefficient (Wildman–Crippen LogP) is 2.55. The number of para-hydroxylation sites is 1. The average molecular weight is 387 g/mol. The zero-order valence-electron chi connectivity index (χ0n) is 16.1. The summed E-state index contributed by atoms with van der Waals surface area (Å²) in [6, 6.07) is 7.88. The van der Waals surface area contributed by atoms with E-state index in [0.29, 0.717) is 19.0 Å². The molecule has 0 saturated carbocycles. The largest absolute Gasteiger partial charge is 0.489 e. The predicted molar refractivity (Wildman–Crippen MR) is 105 cm³/mol. The first-order chi connectivity index (χ1) is 13.6. The van der Waals surface area contributed by atoms with Crippen LogP contribution in [-0.2, 0) is 0 Å². The van der Waals surface area contributed by atoms with Crippen molar-refractivity contribution in [3.63, 3.8) is 0 Å². The van der Waals surface area contributed by atoms with Crippen molar-refractivity contribution in [2.24, 2.45) is 5.92 Å². The summed E-state index contributed by atoms with van der Waals surface area (Å²) >= 11 is 0. The summed E-state index contributed by atoms with van der Waals surface area (Å²) in [7, 11) is 1.70. The van der Waals surface area contributed by atoms with Crippen molar-refractivity contribution in [2.75, 3.05) is 44.7 Å². The number of amides is 2. The molecule has 1 atom stereocenters. The van der Waals surface area contributed by atoms with Crippen LogP contribution in [0.1, 0.15) is 12.8 Å². The van der Waals surface area contributed by atoms with Crippen LogP contribution in [0.2, 0.25) is 0 Å². The van der Waals surface area contributed by atoms with Gasteiger partial charge in [0.25, 0.3) is 0 Å². The second-order valence-corrected chi connectivity index (χ2v) is 6.89. The lowest BCUT2D eigenvalue weighted by Crippen LogP contribution is -2.45. The molecule has 2 heterocycles. The number of carbonyl (C=O) groups excluding carboxylic acids is 1. The number of halogens is 1. The summed E-state index contributed by atoms with van der Waals surface area (Å²) in [5, 5.41) is 2.97. The normalized spacial score (nSPS) is 16.5. The Bertz CT molecular complexity index is 761. The minimum Gasteiger partial charge on any atom is -0.489 e. The smallest absolute Gasteiger partial charge is 0.317 e. The summed E-state index contributed by atoms with van der Waals surface area (Å²) in [6.07, 6.45) is 5.59. The molecule has 2 aromatic rings.